The van der Waals surface area contributed by atoms with Crippen LogP contribution in [0.2, 0.25) is 0 Å². The van der Waals surface area contributed by atoms with E-state index in [4.69, 9.17) is 4.98 Å². The summed E-state index contributed by atoms with van der Waals surface area (Å²) in [6.07, 6.45) is 4.86. The smallest absolute Gasteiger partial charge is 0.253 e. The molecule has 1 aliphatic heterocycles. The molecular weight excluding hydrogens is 448 g/mol. The number of nitrogens with one attached hydrogen (secondary N) is 2. The van der Waals surface area contributed by atoms with E-state index in [0.29, 0.717) is 5.56 Å². The molecule has 4 aromatic rings. The second-order valence-corrected chi connectivity index (χ2v) is 9.94. The Hall–Kier alpha value is -3.55. The number of rotatable bonds is 6. The van der Waals surface area contributed by atoms with Crippen LogP contribution in [0.3, 0.4) is 0 Å². The maximum atomic E-state index is 12.5. The number of nitrogens with zero attached hydrogens (tertiary/aromatic N) is 4. The van der Waals surface area contributed by atoms with Gasteiger partial charge in [0.25, 0.3) is 5.91 Å². The first-order valence-corrected chi connectivity index (χ1v) is 12.5. The molecule has 0 saturated carbocycles. The number of aryl methyl sites for hydroxylation is 2. The van der Waals surface area contributed by atoms with Gasteiger partial charge in [0.15, 0.2) is 5.65 Å². The molecule has 1 aliphatic rings. The Labute approximate surface area is 212 Å². The zero-order chi connectivity index (χ0) is 25.4. The highest BCUT2D eigenvalue weighted by molar-refractivity contribution is 5.97. The van der Waals surface area contributed by atoms with E-state index < -0.39 is 0 Å². The van der Waals surface area contributed by atoms with Crippen molar-refractivity contribution in [1.29, 1.82) is 0 Å². The van der Waals surface area contributed by atoms with Gasteiger partial charge in [-0.05, 0) is 73.3 Å². The van der Waals surface area contributed by atoms with Gasteiger partial charge < -0.3 is 15.2 Å². The molecule has 7 nitrogen and oxygen atoms in total. The van der Waals surface area contributed by atoms with E-state index in [9.17, 15) is 4.79 Å². The highest BCUT2D eigenvalue weighted by Gasteiger charge is 2.20. The van der Waals surface area contributed by atoms with Gasteiger partial charge in [0.1, 0.15) is 5.52 Å². The van der Waals surface area contributed by atoms with Crippen molar-refractivity contribution in [2.75, 3.05) is 40.8 Å². The molecule has 3 heterocycles. The lowest BCUT2D eigenvalue weighted by Crippen LogP contribution is -2.35. The number of likely N-dealkylation sites (N-methyl/N-ethyl adjacent to an activating group) is 1. The summed E-state index contributed by atoms with van der Waals surface area (Å²) in [7, 11) is 5.55. The average Bonchev–Trinajstić information content (AvgIpc) is 3.30. The van der Waals surface area contributed by atoms with Gasteiger partial charge in [0, 0.05) is 63.2 Å². The summed E-state index contributed by atoms with van der Waals surface area (Å²) in [6, 6.07) is 10.5. The van der Waals surface area contributed by atoms with Gasteiger partial charge in [-0.15, -0.1) is 0 Å². The molecule has 1 amide bonds. The maximum Gasteiger partial charge on any atom is 0.253 e. The molecule has 0 spiro atoms. The van der Waals surface area contributed by atoms with E-state index in [0.717, 1.165) is 71.7 Å². The van der Waals surface area contributed by atoms with Crippen molar-refractivity contribution in [2.24, 2.45) is 0 Å². The van der Waals surface area contributed by atoms with Gasteiger partial charge in [-0.25, -0.2) is 9.97 Å². The molecule has 0 bridgehead atoms. The molecule has 36 heavy (non-hydrogen) atoms. The van der Waals surface area contributed by atoms with Gasteiger partial charge in [-0.3, -0.25) is 9.69 Å². The monoisotopic (exact) mass is 482 g/mol. The molecular formula is C29H34N6O. The van der Waals surface area contributed by atoms with E-state index in [2.05, 4.69) is 45.3 Å². The summed E-state index contributed by atoms with van der Waals surface area (Å²) in [4.78, 5) is 29.6. The summed E-state index contributed by atoms with van der Waals surface area (Å²) in [5.74, 6) is 0.00739. The van der Waals surface area contributed by atoms with Gasteiger partial charge >= 0.3 is 0 Å². The number of aromatic amines is 1. The zero-order valence-electron chi connectivity index (χ0n) is 21.8. The highest BCUT2D eigenvalue weighted by Crippen LogP contribution is 2.32. The van der Waals surface area contributed by atoms with Crippen LogP contribution in [0.5, 0.6) is 0 Å². The molecule has 7 heteroatoms. The van der Waals surface area contributed by atoms with E-state index in [1.165, 1.54) is 16.7 Å². The van der Waals surface area contributed by atoms with E-state index >= 15 is 0 Å². The predicted octanol–water partition coefficient (Wildman–Crippen LogP) is 4.19. The molecule has 2 aromatic heterocycles. The summed E-state index contributed by atoms with van der Waals surface area (Å²) < 4.78 is 0. The summed E-state index contributed by atoms with van der Waals surface area (Å²) >= 11 is 0. The lowest BCUT2D eigenvalue weighted by atomic mass is 9.92. The number of carbonyl (C=O) groups excluding carboxylic acids is 1. The lowest BCUT2D eigenvalue weighted by molar-refractivity contribution is 0.0827. The molecule has 2 aromatic carbocycles. The number of H-pyrrole nitrogens is 1. The van der Waals surface area contributed by atoms with Gasteiger partial charge in [-0.1, -0.05) is 12.1 Å². The minimum Gasteiger partial charge on any atom is -0.345 e. The lowest BCUT2D eigenvalue weighted by Gasteiger charge is -2.30. The van der Waals surface area contributed by atoms with Crippen LogP contribution in [0, 0.1) is 13.8 Å². The first-order valence-electron chi connectivity index (χ1n) is 12.5. The summed E-state index contributed by atoms with van der Waals surface area (Å²) in [5, 5.41) is 3.25. The van der Waals surface area contributed by atoms with Crippen LogP contribution in [0.15, 0.2) is 42.7 Å². The first-order chi connectivity index (χ1) is 17.4. The number of aromatic nitrogens is 3. The van der Waals surface area contributed by atoms with Crippen LogP contribution in [0.1, 0.15) is 32.6 Å². The Balaban J connectivity index is 1.49. The highest BCUT2D eigenvalue weighted by atomic mass is 16.2. The van der Waals surface area contributed by atoms with Crippen molar-refractivity contribution in [3.63, 3.8) is 0 Å². The van der Waals surface area contributed by atoms with Crippen LogP contribution < -0.4 is 5.32 Å². The maximum absolute atomic E-state index is 12.5. The number of hydrogen-bond acceptors (Lipinski definition) is 5. The molecule has 2 N–H and O–H groups in total. The molecule has 0 unspecified atom stereocenters. The zero-order valence-corrected chi connectivity index (χ0v) is 21.8. The fraction of sp³-hybridized carbons (Fsp3) is 0.345. The largest absolute Gasteiger partial charge is 0.345 e. The number of fused-ring (bicyclic) bond motifs is 2. The van der Waals surface area contributed by atoms with Crippen LogP contribution in [0.25, 0.3) is 33.5 Å². The SMILES string of the molecule is CNCCN1CCc2cc(-c3cnc4[nH]cc(-c5ccc(C(=O)N(C)C)c(C)c5)c4n3)cc(C)c2C1. The Bertz CT molecular complexity index is 1440. The second-order valence-electron chi connectivity index (χ2n) is 9.94. The van der Waals surface area contributed by atoms with E-state index in [-0.39, 0.29) is 5.91 Å². The summed E-state index contributed by atoms with van der Waals surface area (Å²) in [5.41, 5.74) is 11.4. The number of carbonyl (C=O) groups is 1. The van der Waals surface area contributed by atoms with Gasteiger partial charge in [0.05, 0.1) is 11.9 Å². The molecule has 186 valence electrons. The third kappa shape index (κ3) is 4.52. The van der Waals surface area contributed by atoms with Crippen molar-refractivity contribution in [1.82, 2.24) is 30.1 Å². The van der Waals surface area contributed by atoms with Crippen LogP contribution in [-0.4, -0.2) is 71.4 Å². The topological polar surface area (TPSA) is 77.2 Å². The molecule has 0 radical (unpaired) electrons. The fourth-order valence-electron chi connectivity index (χ4n) is 5.09. The van der Waals surface area contributed by atoms with Crippen molar-refractivity contribution in [3.8, 4) is 22.4 Å². The standard InChI is InChI=1S/C29H34N6O/c1-18-12-20(6-7-23(18)29(36)34(4)5)24-15-31-28-27(24)33-26(16-32-28)22-13-19(2)25-17-35(11-9-30-3)10-8-21(25)14-22/h6-7,12-16,30H,8-11,17H2,1-5H3,(H,31,32). The number of hydrogen-bond donors (Lipinski definition) is 2. The second kappa shape index (κ2) is 9.84. The Morgan fingerprint density at radius 1 is 1.14 bits per heavy atom. The van der Waals surface area contributed by atoms with Gasteiger partial charge in [-0.2, -0.15) is 0 Å². The van der Waals surface area contributed by atoms with Crippen molar-refractivity contribution >= 4 is 17.1 Å². The molecule has 0 saturated heterocycles. The van der Waals surface area contributed by atoms with Crippen molar-refractivity contribution in [2.45, 2.75) is 26.8 Å². The van der Waals surface area contributed by atoms with Crippen molar-refractivity contribution < 1.29 is 4.79 Å². The minimum atomic E-state index is 0.00739. The molecule has 5 rings (SSSR count). The quantitative estimate of drug-likeness (QED) is 0.431. The predicted molar refractivity (Wildman–Crippen MR) is 145 cm³/mol. The van der Waals surface area contributed by atoms with E-state index in [1.807, 2.05) is 38.5 Å². The normalized spacial score (nSPS) is 13.7. The third-order valence-corrected chi connectivity index (χ3v) is 7.17. The molecule has 0 atom stereocenters. The molecule has 0 aliphatic carbocycles. The van der Waals surface area contributed by atoms with Crippen LogP contribution in [0.4, 0.5) is 0 Å². The Morgan fingerprint density at radius 2 is 1.94 bits per heavy atom. The Morgan fingerprint density at radius 3 is 2.69 bits per heavy atom. The minimum absolute atomic E-state index is 0.00739. The first kappa shape index (κ1) is 24.2. The third-order valence-electron chi connectivity index (χ3n) is 7.17. The number of amides is 1. The van der Waals surface area contributed by atoms with Crippen molar-refractivity contribution in [3.05, 3.63) is 70.5 Å². The average molecular weight is 483 g/mol. The van der Waals surface area contributed by atoms with E-state index in [1.54, 1.807) is 19.0 Å². The Kier molecular flexibility index (Phi) is 6.60. The van der Waals surface area contributed by atoms with Gasteiger partial charge in [0.2, 0.25) is 0 Å². The number of benzene rings is 2. The van der Waals surface area contributed by atoms with Crippen LogP contribution >= 0.6 is 0 Å². The van der Waals surface area contributed by atoms with Crippen LogP contribution in [-0.2, 0) is 13.0 Å². The molecule has 0 fully saturated rings. The fourth-order valence-corrected chi connectivity index (χ4v) is 5.09. The summed E-state index contributed by atoms with van der Waals surface area (Å²) in [6.45, 7) is 8.34.